The molecule has 0 spiro atoms. The average molecular weight is 550 g/mol. The van der Waals surface area contributed by atoms with Gasteiger partial charge in [-0.3, -0.25) is 0 Å². The van der Waals surface area contributed by atoms with Gasteiger partial charge in [-0.15, -0.1) is 0 Å². The van der Waals surface area contributed by atoms with E-state index in [9.17, 15) is 14.4 Å². The molecule has 218 valence electrons. The highest BCUT2D eigenvalue weighted by Crippen LogP contribution is 2.41. The molecule has 2 amide bonds. The molecule has 2 heterocycles. The van der Waals surface area contributed by atoms with Crippen molar-refractivity contribution in [2.75, 3.05) is 54.1 Å². The number of amides is 2. The van der Waals surface area contributed by atoms with Gasteiger partial charge in [0, 0.05) is 30.8 Å². The summed E-state index contributed by atoms with van der Waals surface area (Å²) in [5.41, 5.74) is 1.38. The number of ether oxygens (including phenoxy) is 5. The maximum Gasteiger partial charge on any atom is 0.407 e. The van der Waals surface area contributed by atoms with Crippen LogP contribution in [0.15, 0.2) is 12.1 Å². The molecule has 1 aromatic rings. The van der Waals surface area contributed by atoms with Gasteiger partial charge in [-0.25, -0.2) is 14.4 Å². The van der Waals surface area contributed by atoms with Crippen LogP contribution in [0.25, 0.3) is 0 Å². The number of carbonyl (C=O) groups is 3. The van der Waals surface area contributed by atoms with Gasteiger partial charge < -0.3 is 39.2 Å². The highest BCUT2D eigenvalue weighted by molar-refractivity contribution is 5.97. The summed E-state index contributed by atoms with van der Waals surface area (Å²) in [4.78, 5) is 37.7. The zero-order valence-electron chi connectivity index (χ0n) is 23.4. The number of cyclic esters (lactones) is 1. The summed E-state index contributed by atoms with van der Waals surface area (Å²) in [6.45, 7) is 3.33. The lowest BCUT2D eigenvalue weighted by Gasteiger charge is -2.32. The van der Waals surface area contributed by atoms with Crippen LogP contribution in [-0.2, 0) is 14.2 Å². The van der Waals surface area contributed by atoms with Gasteiger partial charge in [0.05, 0.1) is 27.9 Å². The summed E-state index contributed by atoms with van der Waals surface area (Å²) >= 11 is 0. The first kappa shape index (κ1) is 30.3. The number of carbonyl (C=O) groups excluding carboxylic acids is 3. The van der Waals surface area contributed by atoms with Crippen LogP contribution >= 0.6 is 0 Å². The van der Waals surface area contributed by atoms with E-state index in [-0.39, 0.29) is 31.3 Å². The van der Waals surface area contributed by atoms with E-state index in [2.05, 4.69) is 20.3 Å². The van der Waals surface area contributed by atoms with E-state index < -0.39 is 12.2 Å². The van der Waals surface area contributed by atoms with Crippen LogP contribution in [0, 0.1) is 0 Å². The summed E-state index contributed by atoms with van der Waals surface area (Å²) in [7, 11) is 4.43. The molecule has 0 unspecified atom stereocenters. The second kappa shape index (κ2) is 16.0. The molecule has 0 aromatic heterocycles. The van der Waals surface area contributed by atoms with E-state index in [1.807, 2.05) is 6.07 Å². The highest BCUT2D eigenvalue weighted by atomic mass is 16.6. The fourth-order valence-corrected chi connectivity index (χ4v) is 5.08. The Kier molecular flexibility index (Phi) is 12.5. The lowest BCUT2D eigenvalue weighted by atomic mass is 9.99. The summed E-state index contributed by atoms with van der Waals surface area (Å²) in [6.07, 6.45) is 8.21. The van der Waals surface area contributed by atoms with Crippen LogP contribution < -0.4 is 20.1 Å². The van der Waals surface area contributed by atoms with Crippen molar-refractivity contribution in [2.24, 2.45) is 0 Å². The number of methoxy groups -OCH3 is 3. The number of rotatable bonds is 15. The molecule has 39 heavy (non-hydrogen) atoms. The second-order valence-corrected chi connectivity index (χ2v) is 9.91. The largest absolute Gasteiger partial charge is 0.497 e. The van der Waals surface area contributed by atoms with Gasteiger partial charge in [0.25, 0.3) is 0 Å². The minimum Gasteiger partial charge on any atom is -0.497 e. The standard InChI is InChI=1S/C28H43N3O8/c1-35-21-18-22-23(39-26(32)25(22)24(19-21)36-2)10-8-6-4-5-7-9-14-31-15-11-20(12-16-31)30-28(34)38-17-13-29-27(33)37-3/h18-20,23H,4-17H2,1-3H3,(H,29,33)(H,30,34)/t23-/m1/s1. The second-order valence-electron chi connectivity index (χ2n) is 9.91. The third kappa shape index (κ3) is 9.49. The number of nitrogens with zero attached hydrogens (tertiary/aromatic N) is 1. The lowest BCUT2D eigenvalue weighted by Crippen LogP contribution is -2.45. The number of likely N-dealkylation sites (tertiary alicyclic amines) is 1. The van der Waals surface area contributed by atoms with Gasteiger partial charge in [-0.2, -0.15) is 0 Å². The van der Waals surface area contributed by atoms with Gasteiger partial charge in [0.15, 0.2) is 0 Å². The zero-order valence-corrected chi connectivity index (χ0v) is 23.4. The minimum atomic E-state index is -0.547. The molecule has 0 radical (unpaired) electrons. The van der Waals surface area contributed by atoms with E-state index in [1.54, 1.807) is 20.3 Å². The summed E-state index contributed by atoms with van der Waals surface area (Å²) in [5.74, 6) is 0.847. The molecule has 1 saturated heterocycles. The zero-order chi connectivity index (χ0) is 28.0. The third-order valence-electron chi connectivity index (χ3n) is 7.25. The van der Waals surface area contributed by atoms with Crippen molar-refractivity contribution in [1.29, 1.82) is 0 Å². The number of alkyl carbamates (subject to hydrolysis) is 2. The number of nitrogens with one attached hydrogen (secondary N) is 2. The monoisotopic (exact) mass is 549 g/mol. The molecular formula is C28H43N3O8. The SMILES string of the molecule is COC(=O)NCCOC(=O)NC1CCN(CCCCCCCC[C@H]2OC(=O)c3c(OC)cc(OC)cc32)CC1. The number of unbranched alkanes of at least 4 members (excludes halogenated alkanes) is 5. The number of hydrogen-bond acceptors (Lipinski definition) is 9. The maximum absolute atomic E-state index is 12.3. The first-order valence-corrected chi connectivity index (χ1v) is 13.9. The van der Waals surface area contributed by atoms with Gasteiger partial charge in [0.1, 0.15) is 29.8 Å². The van der Waals surface area contributed by atoms with Crippen LogP contribution in [0.1, 0.15) is 79.8 Å². The third-order valence-corrected chi connectivity index (χ3v) is 7.25. The molecule has 2 N–H and O–H groups in total. The Morgan fingerprint density at radius 1 is 0.974 bits per heavy atom. The smallest absolute Gasteiger partial charge is 0.407 e. The topological polar surface area (TPSA) is 125 Å². The molecule has 0 bridgehead atoms. The Morgan fingerprint density at radius 2 is 1.69 bits per heavy atom. The molecule has 1 aromatic carbocycles. The summed E-state index contributed by atoms with van der Waals surface area (Å²) in [5, 5.41) is 5.37. The van der Waals surface area contributed by atoms with Crippen molar-refractivity contribution < 1.29 is 38.1 Å². The highest BCUT2D eigenvalue weighted by Gasteiger charge is 2.34. The quantitative estimate of drug-likeness (QED) is 0.188. The molecule has 1 fully saturated rings. The van der Waals surface area contributed by atoms with Crippen LogP contribution in [0.2, 0.25) is 0 Å². The summed E-state index contributed by atoms with van der Waals surface area (Å²) < 4.78 is 25.9. The molecule has 2 aliphatic rings. The fraction of sp³-hybridized carbons (Fsp3) is 0.679. The number of hydrogen-bond donors (Lipinski definition) is 2. The average Bonchev–Trinajstić information content (AvgIpc) is 3.27. The van der Waals surface area contributed by atoms with Crippen LogP contribution in [0.4, 0.5) is 9.59 Å². The Bertz CT molecular complexity index is 949. The van der Waals surface area contributed by atoms with Crippen molar-refractivity contribution >= 4 is 18.2 Å². The van der Waals surface area contributed by atoms with Gasteiger partial charge in [-0.1, -0.05) is 25.7 Å². The van der Waals surface area contributed by atoms with Crippen LogP contribution in [0.3, 0.4) is 0 Å². The van der Waals surface area contributed by atoms with Gasteiger partial charge in [0.2, 0.25) is 0 Å². The number of esters is 1. The number of benzene rings is 1. The molecule has 11 heteroatoms. The molecule has 0 aliphatic carbocycles. The maximum atomic E-state index is 12.3. The van der Waals surface area contributed by atoms with Crippen molar-refractivity contribution in [3.05, 3.63) is 23.3 Å². The van der Waals surface area contributed by atoms with E-state index in [0.29, 0.717) is 17.1 Å². The fourth-order valence-electron chi connectivity index (χ4n) is 5.08. The van der Waals surface area contributed by atoms with E-state index in [0.717, 1.165) is 63.7 Å². The van der Waals surface area contributed by atoms with Gasteiger partial charge in [-0.05, 0) is 44.7 Å². The van der Waals surface area contributed by atoms with Crippen molar-refractivity contribution in [3.63, 3.8) is 0 Å². The first-order chi connectivity index (χ1) is 18.9. The molecule has 11 nitrogen and oxygen atoms in total. The number of piperidine rings is 1. The van der Waals surface area contributed by atoms with E-state index >= 15 is 0 Å². The van der Waals surface area contributed by atoms with Crippen LogP contribution in [0.5, 0.6) is 11.5 Å². The van der Waals surface area contributed by atoms with Crippen LogP contribution in [-0.4, -0.2) is 83.2 Å². The predicted molar refractivity (Wildman–Crippen MR) is 144 cm³/mol. The Morgan fingerprint density at radius 3 is 2.38 bits per heavy atom. The molecule has 1 atom stereocenters. The molecular weight excluding hydrogens is 506 g/mol. The summed E-state index contributed by atoms with van der Waals surface area (Å²) in [6, 6.07) is 3.72. The van der Waals surface area contributed by atoms with Crippen molar-refractivity contribution in [1.82, 2.24) is 15.5 Å². The predicted octanol–water partition coefficient (Wildman–Crippen LogP) is 4.19. The minimum absolute atomic E-state index is 0.103. The molecule has 2 aliphatic heterocycles. The van der Waals surface area contributed by atoms with Crippen molar-refractivity contribution in [3.8, 4) is 11.5 Å². The number of fused-ring (bicyclic) bond motifs is 1. The normalized spacial score (nSPS) is 17.2. The Labute approximate surface area is 230 Å². The van der Waals surface area contributed by atoms with Gasteiger partial charge >= 0.3 is 18.2 Å². The molecule has 3 rings (SSSR count). The van der Waals surface area contributed by atoms with E-state index in [1.165, 1.54) is 26.4 Å². The Hall–Kier alpha value is -3.21. The lowest BCUT2D eigenvalue weighted by molar-refractivity contribution is 0.0361. The van der Waals surface area contributed by atoms with E-state index in [4.69, 9.17) is 18.9 Å². The molecule has 0 saturated carbocycles. The first-order valence-electron chi connectivity index (χ1n) is 13.9. The Balaban J connectivity index is 1.20. The van der Waals surface area contributed by atoms with Crippen molar-refractivity contribution in [2.45, 2.75) is 69.9 Å².